The first-order chi connectivity index (χ1) is 16.9. The third kappa shape index (κ3) is 4.51. The molecule has 2 heterocycles. The molecule has 0 saturated heterocycles. The lowest BCUT2D eigenvalue weighted by Crippen LogP contribution is -2.51. The lowest BCUT2D eigenvalue weighted by atomic mass is 9.88. The van der Waals surface area contributed by atoms with E-state index < -0.39 is 0 Å². The fourth-order valence-electron chi connectivity index (χ4n) is 4.76. The van der Waals surface area contributed by atoms with Crippen molar-refractivity contribution >= 4 is 17.8 Å². The predicted octanol–water partition coefficient (Wildman–Crippen LogP) is 3.01. The van der Waals surface area contributed by atoms with E-state index in [1.165, 1.54) is 13.2 Å². The van der Waals surface area contributed by atoms with E-state index in [4.69, 9.17) is 28.4 Å². The summed E-state index contributed by atoms with van der Waals surface area (Å²) >= 11 is 0. The molecular formula is C26H30NO8+. The normalized spacial score (nSPS) is 18.2. The summed E-state index contributed by atoms with van der Waals surface area (Å²) in [7, 11) is 8.05. The van der Waals surface area contributed by atoms with Crippen LogP contribution in [-0.4, -0.2) is 71.6 Å². The molecule has 2 aliphatic heterocycles. The smallest absolute Gasteiger partial charge is 0.361 e. The van der Waals surface area contributed by atoms with Gasteiger partial charge in [-0.2, -0.15) is 0 Å². The van der Waals surface area contributed by atoms with Gasteiger partial charge in [0, 0.05) is 12.0 Å². The monoisotopic (exact) mass is 484 g/mol. The number of benzene rings is 2. The van der Waals surface area contributed by atoms with Crippen LogP contribution >= 0.6 is 0 Å². The van der Waals surface area contributed by atoms with Crippen LogP contribution < -0.4 is 23.7 Å². The standard InChI is InChI=1S/C26H30NO8/c1-27(14-21(29)31-3)12-11-17-18(13-27)24(33-5)26-25(34-15-35-26)22(17)19(28)10-9-16-7-6-8-20(30-2)23(16)32-4/h6-10H,11-15H2,1-5H3/q+1/b10-9+/t27-/m0/s1. The molecule has 0 radical (unpaired) electrons. The first-order valence-corrected chi connectivity index (χ1v) is 11.2. The molecule has 0 bridgehead atoms. The maximum Gasteiger partial charge on any atom is 0.361 e. The number of hydrogen-bond acceptors (Lipinski definition) is 8. The molecule has 9 heteroatoms. The zero-order chi connectivity index (χ0) is 25.2. The van der Waals surface area contributed by atoms with Crippen LogP contribution in [0.1, 0.15) is 27.0 Å². The van der Waals surface area contributed by atoms with E-state index >= 15 is 0 Å². The highest BCUT2D eigenvalue weighted by molar-refractivity contribution is 6.11. The van der Waals surface area contributed by atoms with Crippen LogP contribution in [0.3, 0.4) is 0 Å². The Bertz CT molecular complexity index is 1190. The first-order valence-electron chi connectivity index (χ1n) is 11.2. The second kappa shape index (κ2) is 9.87. The Hall–Kier alpha value is -3.72. The summed E-state index contributed by atoms with van der Waals surface area (Å²) < 4.78 is 33.3. The molecule has 1 atom stereocenters. The molecule has 0 unspecified atom stereocenters. The maximum atomic E-state index is 13.6. The van der Waals surface area contributed by atoms with Gasteiger partial charge in [0.25, 0.3) is 0 Å². The van der Waals surface area contributed by atoms with Gasteiger partial charge in [-0.3, -0.25) is 4.79 Å². The van der Waals surface area contributed by atoms with Gasteiger partial charge in [0.2, 0.25) is 12.5 Å². The van der Waals surface area contributed by atoms with Crippen molar-refractivity contribution in [1.29, 1.82) is 0 Å². The average Bonchev–Trinajstić information content (AvgIpc) is 3.34. The second-order valence-electron chi connectivity index (χ2n) is 8.70. The molecule has 2 aromatic carbocycles. The van der Waals surface area contributed by atoms with Crippen molar-refractivity contribution in [3.63, 3.8) is 0 Å². The molecule has 186 valence electrons. The number of quaternary nitrogens is 1. The van der Waals surface area contributed by atoms with E-state index in [9.17, 15) is 9.59 Å². The van der Waals surface area contributed by atoms with Crippen LogP contribution in [0.15, 0.2) is 24.3 Å². The summed E-state index contributed by atoms with van der Waals surface area (Å²) in [5.74, 6) is 1.93. The zero-order valence-electron chi connectivity index (χ0n) is 20.6. The summed E-state index contributed by atoms with van der Waals surface area (Å²) in [5.41, 5.74) is 2.85. The lowest BCUT2D eigenvalue weighted by molar-refractivity contribution is -0.917. The highest BCUT2D eigenvalue weighted by Gasteiger charge is 2.40. The van der Waals surface area contributed by atoms with Crippen LogP contribution in [0, 0.1) is 0 Å². The number of allylic oxidation sites excluding steroid dienone is 1. The van der Waals surface area contributed by atoms with Crippen molar-refractivity contribution in [3.05, 3.63) is 46.5 Å². The number of rotatable bonds is 8. The molecule has 0 aliphatic carbocycles. The fourth-order valence-corrected chi connectivity index (χ4v) is 4.76. The van der Waals surface area contributed by atoms with Crippen molar-refractivity contribution in [2.45, 2.75) is 13.0 Å². The summed E-state index contributed by atoms with van der Waals surface area (Å²) in [6.45, 7) is 1.35. The van der Waals surface area contributed by atoms with E-state index in [0.717, 1.165) is 11.1 Å². The van der Waals surface area contributed by atoms with Crippen LogP contribution in [0.5, 0.6) is 28.7 Å². The number of esters is 1. The maximum absolute atomic E-state index is 13.6. The Morgan fingerprint density at radius 1 is 1.00 bits per heavy atom. The number of fused-ring (bicyclic) bond motifs is 2. The van der Waals surface area contributed by atoms with Crippen molar-refractivity contribution < 1.29 is 42.5 Å². The Kier molecular flexibility index (Phi) is 6.88. The topological polar surface area (TPSA) is 89.5 Å². The number of methoxy groups -OCH3 is 4. The van der Waals surface area contributed by atoms with Gasteiger partial charge in [-0.1, -0.05) is 12.1 Å². The largest absolute Gasteiger partial charge is 0.493 e. The number of hydrogen-bond donors (Lipinski definition) is 0. The molecule has 0 spiro atoms. The number of nitrogens with zero attached hydrogens (tertiary/aromatic N) is 1. The van der Waals surface area contributed by atoms with Gasteiger partial charge < -0.3 is 32.9 Å². The van der Waals surface area contributed by atoms with Crippen molar-refractivity contribution in [1.82, 2.24) is 0 Å². The van der Waals surface area contributed by atoms with Gasteiger partial charge >= 0.3 is 5.97 Å². The Labute approximate surface area is 204 Å². The molecule has 35 heavy (non-hydrogen) atoms. The molecule has 2 aliphatic rings. The molecule has 4 rings (SSSR count). The van der Waals surface area contributed by atoms with Gasteiger partial charge in [0.1, 0.15) is 6.54 Å². The van der Waals surface area contributed by atoms with Gasteiger partial charge in [0.05, 0.1) is 53.2 Å². The van der Waals surface area contributed by atoms with Crippen LogP contribution in [-0.2, 0) is 22.5 Å². The van der Waals surface area contributed by atoms with E-state index in [0.29, 0.717) is 63.9 Å². The van der Waals surface area contributed by atoms with Crippen LogP contribution in [0.4, 0.5) is 0 Å². The fraction of sp³-hybridized carbons (Fsp3) is 0.385. The Morgan fingerprint density at radius 2 is 1.74 bits per heavy atom. The van der Waals surface area contributed by atoms with Gasteiger partial charge in [-0.25, -0.2) is 4.79 Å². The third-order valence-electron chi connectivity index (χ3n) is 6.46. The highest BCUT2D eigenvalue weighted by atomic mass is 16.7. The number of likely N-dealkylation sites (N-methyl/N-ethyl adjacent to an activating group) is 1. The minimum atomic E-state index is -0.290. The third-order valence-corrected chi connectivity index (χ3v) is 6.46. The van der Waals surface area contributed by atoms with E-state index in [-0.39, 0.29) is 25.1 Å². The number of ketones is 1. The zero-order valence-corrected chi connectivity index (χ0v) is 20.6. The van der Waals surface area contributed by atoms with Crippen molar-refractivity contribution in [2.75, 3.05) is 55.4 Å². The number of para-hydroxylation sites is 1. The van der Waals surface area contributed by atoms with Gasteiger partial charge in [-0.05, 0) is 23.8 Å². The van der Waals surface area contributed by atoms with Crippen LogP contribution in [0.25, 0.3) is 6.08 Å². The van der Waals surface area contributed by atoms with Crippen molar-refractivity contribution in [2.24, 2.45) is 0 Å². The number of carbonyl (C=O) groups is 2. The summed E-state index contributed by atoms with van der Waals surface area (Å²) in [6.07, 6.45) is 3.76. The van der Waals surface area contributed by atoms with Crippen molar-refractivity contribution in [3.8, 4) is 28.7 Å². The SMILES string of the molecule is COC(=O)C[N@@+]1(C)CCc2c(c(OC)c3c(c2C(=O)/C=C/c2cccc(OC)c2OC)OCO3)C1. The van der Waals surface area contributed by atoms with E-state index in [1.54, 1.807) is 33.5 Å². The number of carbonyl (C=O) groups excluding carboxylic acids is 2. The summed E-state index contributed by atoms with van der Waals surface area (Å²) in [6, 6.07) is 5.46. The quantitative estimate of drug-likeness (QED) is 0.245. The minimum Gasteiger partial charge on any atom is -0.493 e. The lowest BCUT2D eigenvalue weighted by Gasteiger charge is -2.38. The molecule has 0 aromatic heterocycles. The van der Waals surface area contributed by atoms with Gasteiger partial charge in [0.15, 0.2) is 35.3 Å². The minimum absolute atomic E-state index is 0.00340. The second-order valence-corrected chi connectivity index (χ2v) is 8.70. The molecule has 0 amide bonds. The van der Waals surface area contributed by atoms with Gasteiger partial charge in [-0.15, -0.1) is 0 Å². The Morgan fingerprint density at radius 3 is 2.43 bits per heavy atom. The van der Waals surface area contributed by atoms with E-state index in [2.05, 4.69) is 0 Å². The predicted molar refractivity (Wildman–Crippen MR) is 127 cm³/mol. The van der Waals surface area contributed by atoms with E-state index in [1.807, 2.05) is 19.2 Å². The highest BCUT2D eigenvalue weighted by Crippen LogP contribution is 2.50. The molecular weight excluding hydrogens is 454 g/mol. The summed E-state index contributed by atoms with van der Waals surface area (Å²) in [5, 5.41) is 0. The molecule has 9 nitrogen and oxygen atoms in total. The summed E-state index contributed by atoms with van der Waals surface area (Å²) in [4.78, 5) is 25.6. The molecule has 2 aromatic rings. The molecule has 0 saturated carbocycles. The number of ether oxygens (including phenoxy) is 6. The molecule has 0 fully saturated rings. The Balaban J connectivity index is 1.77. The average molecular weight is 485 g/mol. The molecule has 0 N–H and O–H groups in total. The first kappa shape index (κ1) is 24.4. The van der Waals surface area contributed by atoms with Crippen LogP contribution in [0.2, 0.25) is 0 Å².